The van der Waals surface area contributed by atoms with Gasteiger partial charge >= 0.3 is 0 Å². The molecule has 0 atom stereocenters. The van der Waals surface area contributed by atoms with Crippen molar-refractivity contribution in [2.75, 3.05) is 6.61 Å². The minimum atomic E-state index is 0. The molecular formula is C16H24ClN3O2. The summed E-state index contributed by atoms with van der Waals surface area (Å²) in [4.78, 5) is 0. The molecule has 3 N–H and O–H groups in total. The number of nitrogens with zero attached hydrogens (tertiary/aromatic N) is 1. The van der Waals surface area contributed by atoms with Gasteiger partial charge in [0.05, 0.1) is 29.8 Å². The smallest absolute Gasteiger partial charge is 0.172 e. The number of halogens is 1. The van der Waals surface area contributed by atoms with Gasteiger partial charge in [-0.25, -0.2) is 0 Å². The highest BCUT2D eigenvalue weighted by atomic mass is 35.5. The summed E-state index contributed by atoms with van der Waals surface area (Å²) >= 11 is 0. The highest BCUT2D eigenvalue weighted by Gasteiger charge is 2.22. The Labute approximate surface area is 137 Å². The SMILES string of the molecule is CCCOc1c(O[C@H]2CC[C@@H](N)CC2)ccc2[nH]ncc12.Cl. The highest BCUT2D eigenvalue weighted by Crippen LogP contribution is 2.37. The summed E-state index contributed by atoms with van der Waals surface area (Å²) in [7, 11) is 0. The summed E-state index contributed by atoms with van der Waals surface area (Å²) in [5, 5.41) is 8.04. The van der Waals surface area contributed by atoms with Crippen molar-refractivity contribution in [1.29, 1.82) is 0 Å². The number of fused-ring (bicyclic) bond motifs is 1. The first-order valence-electron chi connectivity index (χ1n) is 7.79. The molecule has 0 unspecified atom stereocenters. The number of hydrogen-bond acceptors (Lipinski definition) is 4. The molecule has 1 aromatic heterocycles. The number of ether oxygens (including phenoxy) is 2. The van der Waals surface area contributed by atoms with Crippen LogP contribution in [-0.4, -0.2) is 29.0 Å². The standard InChI is InChI=1S/C16H23N3O2.ClH/c1-2-9-20-16-13-10-18-19-14(13)7-8-15(16)21-12-5-3-11(17)4-6-12;/h7-8,10-12H,2-6,9,17H2,1H3,(H,18,19);1H/t11-,12+;. The van der Waals surface area contributed by atoms with Crippen molar-refractivity contribution in [2.45, 2.75) is 51.2 Å². The van der Waals surface area contributed by atoms with E-state index in [1.807, 2.05) is 12.1 Å². The quantitative estimate of drug-likeness (QED) is 0.883. The number of nitrogens with one attached hydrogen (secondary N) is 1. The molecule has 1 aliphatic rings. The van der Waals surface area contributed by atoms with Gasteiger partial charge in [-0.1, -0.05) is 6.92 Å². The van der Waals surface area contributed by atoms with E-state index in [0.717, 1.165) is 54.5 Å². The lowest BCUT2D eigenvalue weighted by atomic mass is 9.94. The molecular weight excluding hydrogens is 302 g/mol. The van der Waals surface area contributed by atoms with Crippen LogP contribution in [0.15, 0.2) is 18.3 Å². The third-order valence-electron chi connectivity index (χ3n) is 4.00. The Morgan fingerprint density at radius 3 is 2.77 bits per heavy atom. The molecule has 1 aromatic carbocycles. The van der Waals surface area contributed by atoms with Gasteiger partial charge in [-0.3, -0.25) is 5.10 Å². The van der Waals surface area contributed by atoms with E-state index in [2.05, 4.69) is 17.1 Å². The van der Waals surface area contributed by atoms with E-state index in [9.17, 15) is 0 Å². The Hall–Kier alpha value is -1.46. The maximum Gasteiger partial charge on any atom is 0.172 e. The molecule has 0 amide bonds. The molecule has 3 rings (SSSR count). The molecule has 0 radical (unpaired) electrons. The van der Waals surface area contributed by atoms with Crippen LogP contribution < -0.4 is 15.2 Å². The average molecular weight is 326 g/mol. The minimum Gasteiger partial charge on any atom is -0.489 e. The van der Waals surface area contributed by atoms with Crippen molar-refractivity contribution in [2.24, 2.45) is 5.73 Å². The van der Waals surface area contributed by atoms with Gasteiger partial charge in [-0.15, -0.1) is 12.4 Å². The fraction of sp³-hybridized carbons (Fsp3) is 0.562. The third kappa shape index (κ3) is 3.65. The monoisotopic (exact) mass is 325 g/mol. The first-order chi connectivity index (χ1) is 10.3. The second-order valence-electron chi connectivity index (χ2n) is 5.73. The lowest BCUT2D eigenvalue weighted by Gasteiger charge is -2.27. The fourth-order valence-corrected chi connectivity index (χ4v) is 2.80. The van der Waals surface area contributed by atoms with Crippen molar-refractivity contribution in [3.05, 3.63) is 18.3 Å². The number of benzene rings is 1. The van der Waals surface area contributed by atoms with E-state index < -0.39 is 0 Å². The first kappa shape index (κ1) is 16.9. The van der Waals surface area contributed by atoms with Gasteiger partial charge < -0.3 is 15.2 Å². The van der Waals surface area contributed by atoms with Gasteiger partial charge in [-0.2, -0.15) is 5.10 Å². The number of aromatic nitrogens is 2. The van der Waals surface area contributed by atoms with E-state index >= 15 is 0 Å². The van der Waals surface area contributed by atoms with Crippen molar-refractivity contribution < 1.29 is 9.47 Å². The highest BCUT2D eigenvalue weighted by molar-refractivity contribution is 5.87. The third-order valence-corrected chi connectivity index (χ3v) is 4.00. The zero-order valence-electron chi connectivity index (χ0n) is 12.9. The van der Waals surface area contributed by atoms with Crippen LogP contribution in [0, 0.1) is 0 Å². The molecule has 122 valence electrons. The Bertz CT molecular complexity index is 594. The van der Waals surface area contributed by atoms with Crippen LogP contribution in [0.4, 0.5) is 0 Å². The van der Waals surface area contributed by atoms with Crippen molar-refractivity contribution in [3.63, 3.8) is 0 Å². The largest absolute Gasteiger partial charge is 0.489 e. The number of nitrogens with two attached hydrogens (primary N) is 1. The number of H-pyrrole nitrogens is 1. The molecule has 0 bridgehead atoms. The van der Waals surface area contributed by atoms with Crippen LogP contribution in [0.25, 0.3) is 10.9 Å². The first-order valence-corrected chi connectivity index (χ1v) is 7.79. The molecule has 1 fully saturated rings. The van der Waals surface area contributed by atoms with Crippen molar-refractivity contribution in [1.82, 2.24) is 10.2 Å². The summed E-state index contributed by atoms with van der Waals surface area (Å²) in [5.41, 5.74) is 6.93. The average Bonchev–Trinajstić information content (AvgIpc) is 2.97. The van der Waals surface area contributed by atoms with Crippen LogP contribution >= 0.6 is 12.4 Å². The molecule has 1 saturated carbocycles. The number of aromatic amines is 1. The predicted molar refractivity (Wildman–Crippen MR) is 90.0 cm³/mol. The number of rotatable bonds is 5. The normalized spacial score (nSPS) is 21.4. The molecule has 0 spiro atoms. The molecule has 5 nitrogen and oxygen atoms in total. The Kier molecular flexibility index (Phi) is 5.91. The zero-order chi connectivity index (χ0) is 14.7. The molecule has 2 aromatic rings. The summed E-state index contributed by atoms with van der Waals surface area (Å²) in [6.45, 7) is 2.77. The molecule has 6 heteroatoms. The number of hydrogen-bond donors (Lipinski definition) is 2. The fourth-order valence-electron chi connectivity index (χ4n) is 2.80. The van der Waals surface area contributed by atoms with Crippen LogP contribution in [0.2, 0.25) is 0 Å². The van der Waals surface area contributed by atoms with E-state index in [1.54, 1.807) is 6.20 Å². The van der Waals surface area contributed by atoms with Gasteiger partial charge in [0.15, 0.2) is 11.5 Å². The van der Waals surface area contributed by atoms with E-state index in [-0.39, 0.29) is 18.5 Å². The van der Waals surface area contributed by atoms with Crippen molar-refractivity contribution >= 4 is 23.3 Å². The van der Waals surface area contributed by atoms with Gasteiger partial charge in [0.2, 0.25) is 0 Å². The lowest BCUT2D eigenvalue weighted by Crippen LogP contribution is -2.31. The second kappa shape index (κ2) is 7.70. The molecule has 0 saturated heterocycles. The van der Waals surface area contributed by atoms with Gasteiger partial charge in [-0.05, 0) is 44.2 Å². The second-order valence-corrected chi connectivity index (χ2v) is 5.73. The molecule has 1 aliphatic carbocycles. The van der Waals surface area contributed by atoms with E-state index in [1.165, 1.54) is 0 Å². The van der Waals surface area contributed by atoms with Gasteiger partial charge in [0.1, 0.15) is 0 Å². The van der Waals surface area contributed by atoms with Gasteiger partial charge in [0, 0.05) is 6.04 Å². The Balaban J connectivity index is 0.00000176. The maximum atomic E-state index is 6.19. The lowest BCUT2D eigenvalue weighted by molar-refractivity contribution is 0.140. The molecule has 1 heterocycles. The van der Waals surface area contributed by atoms with Crippen LogP contribution in [0.1, 0.15) is 39.0 Å². The van der Waals surface area contributed by atoms with Crippen LogP contribution in [-0.2, 0) is 0 Å². The summed E-state index contributed by atoms with van der Waals surface area (Å²) in [6.07, 6.45) is 7.08. The molecule has 22 heavy (non-hydrogen) atoms. The zero-order valence-corrected chi connectivity index (χ0v) is 13.7. The topological polar surface area (TPSA) is 73.2 Å². The van der Waals surface area contributed by atoms with E-state index in [4.69, 9.17) is 15.2 Å². The summed E-state index contributed by atoms with van der Waals surface area (Å²) in [5.74, 6) is 1.62. The van der Waals surface area contributed by atoms with Gasteiger partial charge in [0.25, 0.3) is 0 Å². The Morgan fingerprint density at radius 2 is 2.05 bits per heavy atom. The predicted octanol–water partition coefficient (Wildman–Crippen LogP) is 3.42. The van der Waals surface area contributed by atoms with E-state index in [0.29, 0.717) is 12.6 Å². The Morgan fingerprint density at radius 1 is 1.27 bits per heavy atom. The summed E-state index contributed by atoms with van der Waals surface area (Å²) in [6, 6.07) is 4.29. The summed E-state index contributed by atoms with van der Waals surface area (Å²) < 4.78 is 12.1. The van der Waals surface area contributed by atoms with Crippen LogP contribution in [0.5, 0.6) is 11.5 Å². The maximum absolute atomic E-state index is 6.19. The molecule has 0 aliphatic heterocycles. The van der Waals surface area contributed by atoms with Crippen LogP contribution in [0.3, 0.4) is 0 Å². The minimum absolute atomic E-state index is 0. The van der Waals surface area contributed by atoms with Crippen molar-refractivity contribution in [3.8, 4) is 11.5 Å².